The molecule has 0 aromatic heterocycles. The average molecular weight is 500 g/mol. The third kappa shape index (κ3) is 8.39. The molecular weight excluding hydrogens is 463 g/mol. The number of nitrogens with zero attached hydrogens (tertiary/aromatic N) is 2. The lowest BCUT2D eigenvalue weighted by Gasteiger charge is -2.33. The van der Waals surface area contributed by atoms with Crippen LogP contribution in [0, 0.1) is 0 Å². The summed E-state index contributed by atoms with van der Waals surface area (Å²) in [4.78, 5) is 6.82. The number of rotatable bonds is 8. The number of halogens is 1. The van der Waals surface area contributed by atoms with Gasteiger partial charge in [0.15, 0.2) is 5.96 Å². The van der Waals surface area contributed by atoms with Gasteiger partial charge in [-0.1, -0.05) is 44.2 Å². The minimum Gasteiger partial charge on any atom is -0.491 e. The van der Waals surface area contributed by atoms with Gasteiger partial charge in [0.25, 0.3) is 0 Å². The number of ether oxygens (including phenoxy) is 1. The summed E-state index contributed by atoms with van der Waals surface area (Å²) >= 11 is 0. The summed E-state index contributed by atoms with van der Waals surface area (Å²) < 4.78 is 5.97. The fourth-order valence-corrected chi connectivity index (χ4v) is 3.42. The second-order valence-corrected chi connectivity index (χ2v) is 7.69. The summed E-state index contributed by atoms with van der Waals surface area (Å²) in [6.45, 7) is 15.0. The van der Waals surface area contributed by atoms with E-state index in [2.05, 4.69) is 60.0 Å². The van der Waals surface area contributed by atoms with E-state index >= 15 is 0 Å². The summed E-state index contributed by atoms with van der Waals surface area (Å²) in [5.41, 5.74) is 2.49. The molecular formula is C22H37IN4O. The molecule has 158 valence electrons. The minimum absolute atomic E-state index is 0. The van der Waals surface area contributed by atoms with Crippen LogP contribution in [-0.2, 0) is 0 Å². The predicted molar refractivity (Wildman–Crippen MR) is 130 cm³/mol. The van der Waals surface area contributed by atoms with Gasteiger partial charge in [-0.25, -0.2) is 0 Å². The van der Waals surface area contributed by atoms with E-state index in [0.717, 1.165) is 50.7 Å². The van der Waals surface area contributed by atoms with E-state index in [1.165, 1.54) is 11.1 Å². The van der Waals surface area contributed by atoms with Crippen LogP contribution in [0.3, 0.4) is 0 Å². The van der Waals surface area contributed by atoms with Crippen molar-refractivity contribution in [3.05, 3.63) is 42.0 Å². The largest absolute Gasteiger partial charge is 0.491 e. The van der Waals surface area contributed by atoms with Gasteiger partial charge in [0.2, 0.25) is 0 Å². The first-order valence-electron chi connectivity index (χ1n) is 10.0. The van der Waals surface area contributed by atoms with E-state index < -0.39 is 0 Å². The fraction of sp³-hybridized carbons (Fsp3) is 0.591. The van der Waals surface area contributed by atoms with Crippen LogP contribution in [0.4, 0.5) is 0 Å². The van der Waals surface area contributed by atoms with Crippen LogP contribution in [0.5, 0.6) is 5.75 Å². The highest BCUT2D eigenvalue weighted by Gasteiger charge is 2.19. The van der Waals surface area contributed by atoms with E-state index in [0.29, 0.717) is 18.6 Å². The van der Waals surface area contributed by atoms with Crippen molar-refractivity contribution in [2.45, 2.75) is 45.6 Å². The normalized spacial score (nSPS) is 15.8. The number of piperidine rings is 1. The monoisotopic (exact) mass is 500 g/mol. The molecule has 1 aromatic carbocycles. The van der Waals surface area contributed by atoms with Crippen molar-refractivity contribution in [3.8, 4) is 5.75 Å². The standard InChI is InChI=1S/C22H36N4O.HI/c1-17(2)16-26-13-10-19(11-14-26)25-22(23-5)24-12-15-27-21-9-7-6-8-20(21)18(3)4;/h6-9,18-19H,1,10-16H2,2-5H3,(H2,23,24,25);1H. The number of guanidine groups is 1. The first-order chi connectivity index (χ1) is 13.0. The van der Waals surface area contributed by atoms with Crippen molar-refractivity contribution in [2.75, 3.05) is 39.8 Å². The molecule has 1 saturated heterocycles. The maximum absolute atomic E-state index is 5.97. The van der Waals surface area contributed by atoms with Gasteiger partial charge in [-0.2, -0.15) is 0 Å². The van der Waals surface area contributed by atoms with Gasteiger partial charge in [-0.05, 0) is 37.3 Å². The molecule has 1 fully saturated rings. The van der Waals surface area contributed by atoms with E-state index in [-0.39, 0.29) is 24.0 Å². The molecule has 0 amide bonds. The van der Waals surface area contributed by atoms with Crippen molar-refractivity contribution in [1.82, 2.24) is 15.5 Å². The van der Waals surface area contributed by atoms with Crippen LogP contribution in [0.15, 0.2) is 41.4 Å². The van der Waals surface area contributed by atoms with Gasteiger partial charge in [0.05, 0.1) is 6.54 Å². The zero-order valence-corrected chi connectivity index (χ0v) is 20.2. The second kappa shape index (κ2) is 13.0. The molecule has 0 atom stereocenters. The molecule has 1 aliphatic heterocycles. The molecule has 28 heavy (non-hydrogen) atoms. The lowest BCUT2D eigenvalue weighted by molar-refractivity contribution is 0.221. The number of aliphatic imine (C=N–C) groups is 1. The Hall–Kier alpha value is -1.28. The van der Waals surface area contributed by atoms with Crippen molar-refractivity contribution in [1.29, 1.82) is 0 Å². The smallest absolute Gasteiger partial charge is 0.191 e. The Kier molecular flexibility index (Phi) is 11.5. The molecule has 2 N–H and O–H groups in total. The zero-order chi connectivity index (χ0) is 19.6. The Labute approximate surface area is 188 Å². The van der Waals surface area contributed by atoms with Crippen molar-refractivity contribution in [3.63, 3.8) is 0 Å². The number of hydrogen-bond acceptors (Lipinski definition) is 3. The van der Waals surface area contributed by atoms with Gasteiger partial charge < -0.3 is 15.4 Å². The molecule has 1 aliphatic rings. The maximum Gasteiger partial charge on any atom is 0.191 e. The van der Waals surface area contributed by atoms with Gasteiger partial charge in [-0.3, -0.25) is 9.89 Å². The molecule has 6 heteroatoms. The van der Waals surface area contributed by atoms with Gasteiger partial charge >= 0.3 is 0 Å². The zero-order valence-electron chi connectivity index (χ0n) is 17.8. The Morgan fingerprint density at radius 1 is 1.29 bits per heavy atom. The quantitative estimate of drug-likeness (QED) is 0.186. The fourth-order valence-electron chi connectivity index (χ4n) is 3.42. The van der Waals surface area contributed by atoms with Crippen LogP contribution in [-0.4, -0.2) is 56.7 Å². The minimum atomic E-state index is 0. The van der Waals surface area contributed by atoms with Crippen LogP contribution >= 0.6 is 24.0 Å². The Bertz CT molecular complexity index is 625. The summed E-state index contributed by atoms with van der Waals surface area (Å²) in [6.07, 6.45) is 2.26. The van der Waals surface area contributed by atoms with Gasteiger partial charge in [-0.15, -0.1) is 24.0 Å². The van der Waals surface area contributed by atoms with Crippen LogP contribution in [0.25, 0.3) is 0 Å². The molecule has 0 aliphatic carbocycles. The first kappa shape index (κ1) is 24.8. The highest BCUT2D eigenvalue weighted by Crippen LogP contribution is 2.25. The highest BCUT2D eigenvalue weighted by molar-refractivity contribution is 14.0. The predicted octanol–water partition coefficient (Wildman–Crippen LogP) is 4.01. The van der Waals surface area contributed by atoms with E-state index in [4.69, 9.17) is 4.74 Å². The Balaban J connectivity index is 0.00000392. The van der Waals surface area contributed by atoms with E-state index in [1.54, 1.807) is 0 Å². The van der Waals surface area contributed by atoms with Gasteiger partial charge in [0.1, 0.15) is 12.4 Å². The topological polar surface area (TPSA) is 48.9 Å². The number of hydrogen-bond donors (Lipinski definition) is 2. The molecule has 0 spiro atoms. The van der Waals surface area contributed by atoms with Crippen molar-refractivity contribution in [2.24, 2.45) is 4.99 Å². The number of likely N-dealkylation sites (tertiary alicyclic amines) is 1. The molecule has 0 unspecified atom stereocenters. The summed E-state index contributed by atoms with van der Waals surface area (Å²) in [5, 5.41) is 6.91. The molecule has 5 nitrogen and oxygen atoms in total. The Morgan fingerprint density at radius 3 is 2.57 bits per heavy atom. The maximum atomic E-state index is 5.97. The number of benzene rings is 1. The molecule has 0 bridgehead atoms. The third-order valence-electron chi connectivity index (χ3n) is 4.84. The van der Waals surface area contributed by atoms with Crippen LogP contribution in [0.2, 0.25) is 0 Å². The summed E-state index contributed by atoms with van der Waals surface area (Å²) in [5.74, 6) is 2.29. The van der Waals surface area contributed by atoms with Crippen LogP contribution in [0.1, 0.15) is 45.1 Å². The summed E-state index contributed by atoms with van der Waals surface area (Å²) in [6, 6.07) is 8.73. The SMILES string of the molecule is C=C(C)CN1CCC(NC(=NC)NCCOc2ccccc2C(C)C)CC1.I. The van der Waals surface area contributed by atoms with Gasteiger partial charge in [0, 0.05) is 32.7 Å². The highest BCUT2D eigenvalue weighted by atomic mass is 127. The van der Waals surface area contributed by atoms with Crippen molar-refractivity contribution >= 4 is 29.9 Å². The summed E-state index contributed by atoms with van der Waals surface area (Å²) in [7, 11) is 1.82. The lowest BCUT2D eigenvalue weighted by Crippen LogP contribution is -2.49. The molecule has 0 radical (unpaired) electrons. The average Bonchev–Trinajstić information content (AvgIpc) is 2.65. The van der Waals surface area contributed by atoms with E-state index in [1.807, 2.05) is 19.2 Å². The third-order valence-corrected chi connectivity index (χ3v) is 4.84. The molecule has 2 rings (SSSR count). The number of nitrogens with one attached hydrogen (secondary N) is 2. The number of para-hydroxylation sites is 1. The van der Waals surface area contributed by atoms with Crippen LogP contribution < -0.4 is 15.4 Å². The molecule has 1 heterocycles. The molecule has 1 aromatic rings. The van der Waals surface area contributed by atoms with E-state index in [9.17, 15) is 0 Å². The second-order valence-electron chi connectivity index (χ2n) is 7.69. The first-order valence-corrected chi connectivity index (χ1v) is 10.0. The molecule has 0 saturated carbocycles. The Morgan fingerprint density at radius 2 is 1.96 bits per heavy atom. The lowest BCUT2D eigenvalue weighted by atomic mass is 10.0. The van der Waals surface area contributed by atoms with Crippen molar-refractivity contribution < 1.29 is 4.74 Å².